The Bertz CT molecular complexity index is 520. The van der Waals surface area contributed by atoms with Gasteiger partial charge in [-0.05, 0) is 25.2 Å². The third-order valence-corrected chi connectivity index (χ3v) is 2.66. The lowest BCUT2D eigenvalue weighted by atomic mass is 10.2. The van der Waals surface area contributed by atoms with Crippen molar-refractivity contribution in [1.82, 2.24) is 5.32 Å². The molecule has 0 atom stereocenters. The van der Waals surface area contributed by atoms with Crippen molar-refractivity contribution in [3.63, 3.8) is 0 Å². The first kappa shape index (κ1) is 17.7. The summed E-state index contributed by atoms with van der Waals surface area (Å²) in [5.74, 6) is -0.124. The minimum Gasteiger partial charge on any atom is -0.326 e. The number of carbonyl (C=O) groups is 1. The molecule has 0 spiro atoms. The number of rotatable bonds is 6. The van der Waals surface area contributed by atoms with Crippen molar-refractivity contribution >= 4 is 39.7 Å². The van der Waals surface area contributed by atoms with Crippen LogP contribution in [0.5, 0.6) is 0 Å². The molecule has 0 heterocycles. The maximum atomic E-state index is 11.5. The maximum Gasteiger partial charge on any atom is 0.229 e. The molecule has 108 valence electrons. The van der Waals surface area contributed by atoms with Crippen LogP contribution in [0.15, 0.2) is 24.3 Å². The van der Waals surface area contributed by atoms with Gasteiger partial charge in [-0.1, -0.05) is 6.07 Å². The van der Waals surface area contributed by atoms with Gasteiger partial charge in [0.1, 0.15) is 0 Å². The van der Waals surface area contributed by atoms with E-state index in [0.29, 0.717) is 24.3 Å². The fraction of sp³-hybridized carbons (Fsp3) is 0.364. The third-order valence-electron chi connectivity index (χ3n) is 2.05. The highest BCUT2D eigenvalue weighted by Gasteiger charge is 2.04. The molecular weight excluding hydrogens is 290 g/mol. The smallest absolute Gasteiger partial charge is 0.229 e. The number of carbonyl (C=O) groups excluding carboxylic acids is 1. The van der Waals surface area contributed by atoms with Crippen molar-refractivity contribution in [2.45, 2.75) is 6.42 Å². The first-order valence-electron chi connectivity index (χ1n) is 5.43. The van der Waals surface area contributed by atoms with E-state index in [1.165, 1.54) is 0 Å². The summed E-state index contributed by atoms with van der Waals surface area (Å²) in [5.41, 5.74) is 0.980. The lowest BCUT2D eigenvalue weighted by Gasteiger charge is -2.08. The predicted octanol–water partition coefficient (Wildman–Crippen LogP) is 1.03. The van der Waals surface area contributed by atoms with Crippen molar-refractivity contribution in [2.24, 2.45) is 0 Å². The van der Waals surface area contributed by atoms with Crippen molar-refractivity contribution < 1.29 is 13.2 Å². The first-order valence-corrected chi connectivity index (χ1v) is 7.32. The molecule has 6 nitrogen and oxygen atoms in total. The van der Waals surface area contributed by atoms with Gasteiger partial charge in [-0.25, -0.2) is 8.42 Å². The van der Waals surface area contributed by atoms with E-state index in [0.717, 1.165) is 6.26 Å². The van der Waals surface area contributed by atoms with Gasteiger partial charge in [0.2, 0.25) is 15.9 Å². The van der Waals surface area contributed by atoms with Crippen LogP contribution in [0.25, 0.3) is 0 Å². The van der Waals surface area contributed by atoms with E-state index in [1.807, 2.05) is 0 Å². The van der Waals surface area contributed by atoms with E-state index < -0.39 is 10.0 Å². The van der Waals surface area contributed by atoms with E-state index in [9.17, 15) is 13.2 Å². The monoisotopic (exact) mass is 307 g/mol. The molecule has 0 bridgehead atoms. The molecule has 3 N–H and O–H groups in total. The molecule has 0 aliphatic heterocycles. The Hall–Kier alpha value is -1.31. The Morgan fingerprint density at radius 3 is 2.47 bits per heavy atom. The van der Waals surface area contributed by atoms with Gasteiger partial charge in [0, 0.05) is 18.7 Å². The summed E-state index contributed by atoms with van der Waals surface area (Å²) in [4.78, 5) is 11.5. The van der Waals surface area contributed by atoms with Crippen molar-refractivity contribution in [2.75, 3.05) is 29.9 Å². The average molecular weight is 308 g/mol. The topological polar surface area (TPSA) is 87.3 Å². The summed E-state index contributed by atoms with van der Waals surface area (Å²) in [5, 5.41) is 5.56. The van der Waals surface area contributed by atoms with E-state index in [4.69, 9.17) is 0 Å². The lowest BCUT2D eigenvalue weighted by molar-refractivity contribution is -0.116. The van der Waals surface area contributed by atoms with Crippen LogP contribution in [-0.4, -0.2) is 34.2 Å². The second-order valence-corrected chi connectivity index (χ2v) is 5.61. The number of benzene rings is 1. The van der Waals surface area contributed by atoms with Gasteiger partial charge in [-0.2, -0.15) is 0 Å². The number of hydrogen-bond donors (Lipinski definition) is 3. The van der Waals surface area contributed by atoms with Gasteiger partial charge < -0.3 is 10.6 Å². The van der Waals surface area contributed by atoms with Crippen LogP contribution >= 0.6 is 12.4 Å². The molecule has 8 heteroatoms. The Morgan fingerprint density at radius 2 is 1.89 bits per heavy atom. The van der Waals surface area contributed by atoms with E-state index >= 15 is 0 Å². The molecule has 1 aromatic carbocycles. The first-order chi connectivity index (χ1) is 8.40. The molecule has 1 amide bonds. The van der Waals surface area contributed by atoms with Gasteiger partial charge in [-0.3, -0.25) is 9.52 Å². The molecule has 0 aliphatic rings. The second-order valence-electron chi connectivity index (χ2n) is 3.86. The van der Waals surface area contributed by atoms with Gasteiger partial charge in [0.05, 0.1) is 11.9 Å². The third kappa shape index (κ3) is 7.66. The van der Waals surface area contributed by atoms with Crippen LogP contribution in [0.2, 0.25) is 0 Å². The summed E-state index contributed by atoms with van der Waals surface area (Å²) in [6, 6.07) is 6.55. The number of halogens is 1. The minimum absolute atomic E-state index is 0. The standard InChI is InChI=1S/C11H17N3O3S.ClH/c1-12-7-6-11(15)13-9-4-3-5-10(8-9)14-18(2,16)17;/h3-5,8,12,14H,6-7H2,1-2H3,(H,13,15);1H. The Balaban J connectivity index is 0.00000324. The molecule has 0 saturated carbocycles. The zero-order valence-electron chi connectivity index (χ0n) is 10.8. The van der Waals surface area contributed by atoms with Crippen LogP contribution < -0.4 is 15.4 Å². The number of sulfonamides is 1. The highest BCUT2D eigenvalue weighted by Crippen LogP contribution is 2.16. The van der Waals surface area contributed by atoms with Crippen LogP contribution in [0, 0.1) is 0 Å². The van der Waals surface area contributed by atoms with Gasteiger partial charge >= 0.3 is 0 Å². The fourth-order valence-corrected chi connectivity index (χ4v) is 1.89. The van der Waals surface area contributed by atoms with Gasteiger partial charge in [0.25, 0.3) is 0 Å². The lowest BCUT2D eigenvalue weighted by Crippen LogP contribution is -2.18. The molecule has 0 aromatic heterocycles. The normalized spacial score (nSPS) is 10.4. The molecule has 0 aliphatic carbocycles. The summed E-state index contributed by atoms with van der Waals surface area (Å²) in [6.07, 6.45) is 1.44. The van der Waals surface area contributed by atoms with E-state index in [-0.39, 0.29) is 18.3 Å². The number of anilines is 2. The molecule has 1 aromatic rings. The SMILES string of the molecule is CNCCC(=O)Nc1cccc(NS(C)(=O)=O)c1.Cl. The molecule has 0 saturated heterocycles. The second kappa shape index (κ2) is 7.98. The van der Waals surface area contributed by atoms with Crippen molar-refractivity contribution in [3.05, 3.63) is 24.3 Å². The molecule has 0 unspecified atom stereocenters. The van der Waals surface area contributed by atoms with Crippen LogP contribution in [-0.2, 0) is 14.8 Å². The van der Waals surface area contributed by atoms with Crippen LogP contribution in [0.4, 0.5) is 11.4 Å². The minimum atomic E-state index is -3.31. The highest BCUT2D eigenvalue weighted by molar-refractivity contribution is 7.92. The fourth-order valence-electron chi connectivity index (χ4n) is 1.34. The summed E-state index contributed by atoms with van der Waals surface area (Å²) in [6.45, 7) is 0.590. The largest absolute Gasteiger partial charge is 0.326 e. The molecule has 0 radical (unpaired) electrons. The van der Waals surface area contributed by atoms with Gasteiger partial charge in [0.15, 0.2) is 0 Å². The summed E-state index contributed by atoms with van der Waals surface area (Å²) < 4.78 is 24.5. The summed E-state index contributed by atoms with van der Waals surface area (Å²) >= 11 is 0. The zero-order chi connectivity index (χ0) is 13.6. The maximum absolute atomic E-state index is 11.5. The Morgan fingerprint density at radius 1 is 1.26 bits per heavy atom. The molecule has 1 rings (SSSR count). The van der Waals surface area contributed by atoms with E-state index in [2.05, 4.69) is 15.4 Å². The number of nitrogens with one attached hydrogen (secondary N) is 3. The molecular formula is C11H18ClN3O3S. The Labute approximate surface area is 119 Å². The number of amides is 1. The zero-order valence-corrected chi connectivity index (χ0v) is 12.4. The Kier molecular flexibility index (Phi) is 7.43. The number of hydrogen-bond acceptors (Lipinski definition) is 4. The predicted molar refractivity (Wildman–Crippen MR) is 79.3 cm³/mol. The molecule has 0 fully saturated rings. The van der Waals surface area contributed by atoms with Crippen molar-refractivity contribution in [3.8, 4) is 0 Å². The van der Waals surface area contributed by atoms with Crippen molar-refractivity contribution in [1.29, 1.82) is 0 Å². The highest BCUT2D eigenvalue weighted by atomic mass is 35.5. The average Bonchev–Trinajstić information content (AvgIpc) is 2.24. The van der Waals surface area contributed by atoms with Gasteiger partial charge in [-0.15, -0.1) is 12.4 Å². The van der Waals surface area contributed by atoms with Crippen LogP contribution in [0.1, 0.15) is 6.42 Å². The summed E-state index contributed by atoms with van der Waals surface area (Å²) in [7, 11) is -1.54. The molecule has 19 heavy (non-hydrogen) atoms. The quantitative estimate of drug-likeness (QED) is 0.732. The van der Waals surface area contributed by atoms with Crippen LogP contribution in [0.3, 0.4) is 0 Å². The van der Waals surface area contributed by atoms with E-state index in [1.54, 1.807) is 31.3 Å².